The highest BCUT2D eigenvalue weighted by Gasteiger charge is 2.59. The second-order valence-corrected chi connectivity index (χ2v) is 9.74. The Morgan fingerprint density at radius 2 is 1.19 bits per heavy atom. The molecule has 0 bridgehead atoms. The maximum atomic E-state index is 14.3. The van der Waals surface area contributed by atoms with Crippen molar-refractivity contribution in [3.05, 3.63) is 143 Å². The summed E-state index contributed by atoms with van der Waals surface area (Å²) < 4.78 is 5.95. The molecule has 0 aliphatic carbocycles. The number of carbonyl (C=O) groups excluding carboxylic acids is 2. The van der Waals surface area contributed by atoms with Crippen LogP contribution in [0, 0.1) is 0 Å². The zero-order chi connectivity index (χ0) is 25.2. The van der Waals surface area contributed by atoms with Gasteiger partial charge in [-0.1, -0.05) is 131 Å². The van der Waals surface area contributed by atoms with E-state index in [0.29, 0.717) is 5.33 Å². The molecule has 5 heteroatoms. The molecule has 1 fully saturated rings. The van der Waals surface area contributed by atoms with Gasteiger partial charge in [-0.15, -0.1) is 0 Å². The molecule has 0 N–H and O–H groups in total. The van der Waals surface area contributed by atoms with E-state index in [-0.39, 0.29) is 12.3 Å². The van der Waals surface area contributed by atoms with Gasteiger partial charge in [-0.25, -0.2) is 9.69 Å². The minimum Gasteiger partial charge on any atom is -0.432 e. The first-order valence-corrected chi connectivity index (χ1v) is 13.0. The minimum atomic E-state index is -1.34. The molecule has 1 aliphatic rings. The molecule has 0 radical (unpaired) electrons. The molecular weight excluding hydrogens is 514 g/mol. The van der Waals surface area contributed by atoms with Crippen molar-refractivity contribution < 1.29 is 14.3 Å². The quantitative estimate of drug-likeness (QED) is 0.190. The summed E-state index contributed by atoms with van der Waals surface area (Å²) in [6, 6.07) is 37.0. The van der Waals surface area contributed by atoms with Crippen molar-refractivity contribution in [3.8, 4) is 0 Å². The van der Waals surface area contributed by atoms with Gasteiger partial charge in [0.2, 0.25) is 0 Å². The molecular formula is C31H26BrNO3. The zero-order valence-electron chi connectivity index (χ0n) is 19.9. The van der Waals surface area contributed by atoms with Gasteiger partial charge in [0.05, 0.1) is 0 Å². The molecule has 1 atom stereocenters. The monoisotopic (exact) mass is 539 g/mol. The first-order chi connectivity index (χ1) is 17.5. The second kappa shape index (κ2) is 9.75. The fraction of sp³-hybridized carbons (Fsp3) is 0.161. The Balaban J connectivity index is 1.71. The van der Waals surface area contributed by atoms with Crippen LogP contribution in [0.25, 0.3) is 0 Å². The van der Waals surface area contributed by atoms with Crippen LogP contribution in [0.4, 0.5) is 4.79 Å². The normalized spacial score (nSPS) is 17.8. The topological polar surface area (TPSA) is 46.6 Å². The Bertz CT molecular complexity index is 1280. The standard InChI is InChI=1S/C31H26BrNO3/c1-30(21-23-12-11-13-24(20-23)22-32)28(34)33(29(35)36-30)31(25-14-5-2-6-15-25,26-16-7-3-8-17-26)27-18-9-4-10-19-27/h2-20H,21-22H2,1H3/t30-/m1/s1. The number of carbonyl (C=O) groups is 2. The van der Waals surface area contributed by atoms with E-state index in [0.717, 1.165) is 27.8 Å². The van der Waals surface area contributed by atoms with E-state index < -0.39 is 17.2 Å². The molecule has 1 aliphatic heterocycles. The number of hydrogen-bond donors (Lipinski definition) is 0. The molecule has 36 heavy (non-hydrogen) atoms. The van der Waals surface area contributed by atoms with Crippen LogP contribution in [0.2, 0.25) is 0 Å². The summed E-state index contributed by atoms with van der Waals surface area (Å²) in [6.45, 7) is 1.71. The van der Waals surface area contributed by atoms with Gasteiger partial charge < -0.3 is 4.74 Å². The van der Waals surface area contributed by atoms with Crippen LogP contribution in [0.15, 0.2) is 115 Å². The third kappa shape index (κ3) is 4.03. The summed E-state index contributed by atoms with van der Waals surface area (Å²) in [4.78, 5) is 29.4. The van der Waals surface area contributed by atoms with Crippen LogP contribution in [0.5, 0.6) is 0 Å². The molecule has 4 aromatic carbocycles. The number of halogens is 1. The highest BCUT2D eigenvalue weighted by molar-refractivity contribution is 9.08. The Kier molecular flexibility index (Phi) is 6.50. The maximum absolute atomic E-state index is 14.3. The summed E-state index contributed by atoms with van der Waals surface area (Å²) in [7, 11) is 0. The van der Waals surface area contributed by atoms with E-state index in [1.54, 1.807) is 6.92 Å². The van der Waals surface area contributed by atoms with Crippen molar-refractivity contribution in [3.63, 3.8) is 0 Å². The van der Waals surface area contributed by atoms with Crippen molar-refractivity contribution in [2.45, 2.75) is 29.8 Å². The number of amides is 2. The Morgan fingerprint density at radius 3 is 1.67 bits per heavy atom. The van der Waals surface area contributed by atoms with Gasteiger partial charge in [-0.3, -0.25) is 4.79 Å². The number of benzene rings is 4. The lowest BCUT2D eigenvalue weighted by Gasteiger charge is -2.41. The number of nitrogens with zero attached hydrogens (tertiary/aromatic N) is 1. The predicted molar refractivity (Wildman–Crippen MR) is 144 cm³/mol. The number of alkyl halides is 1. The van der Waals surface area contributed by atoms with Crippen LogP contribution >= 0.6 is 15.9 Å². The molecule has 0 saturated carbocycles. The van der Waals surface area contributed by atoms with Crippen LogP contribution in [0.3, 0.4) is 0 Å². The van der Waals surface area contributed by atoms with Gasteiger partial charge in [0.15, 0.2) is 5.60 Å². The average Bonchev–Trinajstić information content (AvgIpc) is 3.14. The summed E-state index contributed by atoms with van der Waals surface area (Å²) >= 11 is 3.49. The molecule has 1 heterocycles. The maximum Gasteiger partial charge on any atom is 0.419 e. The summed E-state index contributed by atoms with van der Waals surface area (Å²) in [6.07, 6.45) is -0.376. The van der Waals surface area contributed by atoms with Crippen LogP contribution in [0.1, 0.15) is 34.7 Å². The van der Waals surface area contributed by atoms with Crippen molar-refractivity contribution in [2.24, 2.45) is 0 Å². The zero-order valence-corrected chi connectivity index (χ0v) is 21.5. The first kappa shape index (κ1) is 24.0. The predicted octanol–water partition coefficient (Wildman–Crippen LogP) is 6.85. The van der Waals surface area contributed by atoms with Gasteiger partial charge in [0, 0.05) is 11.8 Å². The van der Waals surface area contributed by atoms with Crippen LogP contribution in [-0.2, 0) is 26.8 Å². The van der Waals surface area contributed by atoms with E-state index in [4.69, 9.17) is 4.74 Å². The fourth-order valence-electron chi connectivity index (χ4n) is 5.14. The molecule has 4 nitrogen and oxygen atoms in total. The molecule has 0 aromatic heterocycles. The highest BCUT2D eigenvalue weighted by atomic mass is 79.9. The number of imide groups is 1. The minimum absolute atomic E-state index is 0.281. The lowest BCUT2D eigenvalue weighted by Crippen LogP contribution is -2.53. The van der Waals surface area contributed by atoms with Crippen molar-refractivity contribution in [1.29, 1.82) is 0 Å². The fourth-order valence-corrected chi connectivity index (χ4v) is 5.49. The molecule has 5 rings (SSSR count). The van der Waals surface area contributed by atoms with Crippen LogP contribution < -0.4 is 0 Å². The van der Waals surface area contributed by atoms with Gasteiger partial charge in [0.25, 0.3) is 5.91 Å². The number of rotatable bonds is 7. The first-order valence-electron chi connectivity index (χ1n) is 11.9. The average molecular weight is 540 g/mol. The molecule has 0 spiro atoms. The highest BCUT2D eigenvalue weighted by Crippen LogP contribution is 2.47. The second-order valence-electron chi connectivity index (χ2n) is 9.18. The molecule has 4 aromatic rings. The van der Waals surface area contributed by atoms with Crippen molar-refractivity contribution in [2.75, 3.05) is 0 Å². The Hall–Kier alpha value is -3.70. The lowest BCUT2D eigenvalue weighted by molar-refractivity contribution is -0.137. The van der Waals surface area contributed by atoms with E-state index in [9.17, 15) is 9.59 Å². The molecule has 180 valence electrons. The summed E-state index contributed by atoms with van der Waals surface area (Å²) in [5.41, 5.74) is 1.90. The third-order valence-corrected chi connectivity index (χ3v) is 7.40. The van der Waals surface area contributed by atoms with Gasteiger partial charge in [-0.2, -0.15) is 0 Å². The summed E-state index contributed by atoms with van der Waals surface area (Å²) in [5, 5.41) is 0.705. The number of hydrogen-bond acceptors (Lipinski definition) is 3. The van der Waals surface area contributed by atoms with Crippen molar-refractivity contribution in [1.82, 2.24) is 4.90 Å². The van der Waals surface area contributed by atoms with E-state index in [1.807, 2.05) is 115 Å². The molecule has 2 amide bonds. The largest absolute Gasteiger partial charge is 0.432 e. The smallest absolute Gasteiger partial charge is 0.419 e. The Morgan fingerprint density at radius 1 is 0.722 bits per heavy atom. The summed E-state index contributed by atoms with van der Waals surface area (Å²) in [5.74, 6) is -0.367. The molecule has 0 unspecified atom stereocenters. The number of ether oxygens (including phenoxy) is 1. The van der Waals surface area contributed by atoms with E-state index in [2.05, 4.69) is 15.9 Å². The van der Waals surface area contributed by atoms with Gasteiger partial charge in [-0.05, 0) is 34.7 Å². The van der Waals surface area contributed by atoms with E-state index >= 15 is 0 Å². The molecule has 1 saturated heterocycles. The third-order valence-electron chi connectivity index (χ3n) is 6.75. The van der Waals surface area contributed by atoms with Gasteiger partial charge in [0.1, 0.15) is 5.54 Å². The lowest BCUT2D eigenvalue weighted by atomic mass is 9.75. The van der Waals surface area contributed by atoms with Gasteiger partial charge >= 0.3 is 6.09 Å². The van der Waals surface area contributed by atoms with Crippen LogP contribution in [-0.4, -0.2) is 22.5 Å². The SMILES string of the molecule is C[C@]1(Cc2cccc(CBr)c2)OC(=O)N(C(c2ccccc2)(c2ccccc2)c2ccccc2)C1=O. The Labute approximate surface area is 219 Å². The number of cyclic esters (lactones) is 1. The van der Waals surface area contributed by atoms with Crippen molar-refractivity contribution >= 4 is 27.9 Å². The van der Waals surface area contributed by atoms with E-state index in [1.165, 1.54) is 4.90 Å².